The molecule has 60 heavy (non-hydrogen) atoms. The molecular weight excluding hydrogens is 814 g/mol. The Labute approximate surface area is 358 Å². The summed E-state index contributed by atoms with van der Waals surface area (Å²) in [6.07, 6.45) is 41.8. The predicted octanol–water partition coefficient (Wildman–Crippen LogP) is 9.53. The van der Waals surface area contributed by atoms with E-state index in [1.54, 1.807) is 6.08 Å². The van der Waals surface area contributed by atoms with Crippen LogP contribution in [-0.2, 0) is 41.8 Å². The van der Waals surface area contributed by atoms with Crippen LogP contribution in [0.4, 0.5) is 0 Å². The first kappa shape index (κ1) is 57.0. The van der Waals surface area contributed by atoms with Gasteiger partial charge in [0, 0.05) is 12.8 Å². The van der Waals surface area contributed by atoms with E-state index in [0.29, 0.717) is 25.7 Å². The second-order valence-corrected chi connectivity index (χ2v) is 16.4. The number of phosphoric ester groups is 2. The van der Waals surface area contributed by atoms with Gasteiger partial charge in [0.25, 0.3) is 0 Å². The van der Waals surface area contributed by atoms with Gasteiger partial charge in [0.15, 0.2) is 6.10 Å². The predicted molar refractivity (Wildman–Crippen MR) is 236 cm³/mol. The van der Waals surface area contributed by atoms with Crippen LogP contribution in [0, 0.1) is 0 Å². The fourth-order valence-corrected chi connectivity index (χ4v) is 5.98. The van der Waals surface area contributed by atoms with E-state index in [1.807, 2.05) is 61.6 Å². The number of hydrogen-bond donors (Lipinski definition) is 5. The molecule has 0 spiro atoms. The van der Waals surface area contributed by atoms with Crippen molar-refractivity contribution in [2.75, 3.05) is 26.4 Å². The van der Waals surface area contributed by atoms with Gasteiger partial charge in [-0.3, -0.25) is 23.2 Å². The van der Waals surface area contributed by atoms with E-state index in [-0.39, 0.29) is 12.8 Å². The zero-order valence-corrected chi connectivity index (χ0v) is 37.4. The van der Waals surface area contributed by atoms with Gasteiger partial charge < -0.3 is 34.4 Å². The molecular formula is C44H72O14P2. The van der Waals surface area contributed by atoms with Crippen molar-refractivity contribution < 1.29 is 66.7 Å². The average molecular weight is 887 g/mol. The van der Waals surface area contributed by atoms with E-state index in [9.17, 15) is 33.8 Å². The average Bonchev–Trinajstić information content (AvgIpc) is 3.20. The lowest BCUT2D eigenvalue weighted by Gasteiger charge is -2.20. The number of phosphoric acid groups is 2. The Morgan fingerprint density at radius 2 is 1.08 bits per heavy atom. The lowest BCUT2D eigenvalue weighted by molar-refractivity contribution is -0.161. The number of rotatable bonds is 38. The van der Waals surface area contributed by atoms with Crippen LogP contribution in [0.25, 0.3) is 0 Å². The highest BCUT2D eigenvalue weighted by Crippen LogP contribution is 2.43. The van der Waals surface area contributed by atoms with Crippen molar-refractivity contribution in [3.8, 4) is 0 Å². The highest BCUT2D eigenvalue weighted by molar-refractivity contribution is 7.47. The molecule has 14 nitrogen and oxygen atoms in total. The molecule has 5 N–H and O–H groups in total. The minimum Gasteiger partial charge on any atom is -0.462 e. The molecule has 0 aromatic carbocycles. The molecule has 0 heterocycles. The Hall–Kier alpha value is -3.00. The second-order valence-electron chi connectivity index (χ2n) is 13.7. The maximum absolute atomic E-state index is 12.6. The van der Waals surface area contributed by atoms with Gasteiger partial charge in [-0.1, -0.05) is 124 Å². The molecule has 16 heteroatoms. The zero-order valence-electron chi connectivity index (χ0n) is 35.6. The van der Waals surface area contributed by atoms with Gasteiger partial charge in [-0.05, 0) is 83.5 Å². The number of carbonyl (C=O) groups excluding carboxylic acids is 2. The smallest absolute Gasteiger partial charge is 0.462 e. The normalized spacial score (nSPS) is 15.5. The minimum atomic E-state index is -4.88. The summed E-state index contributed by atoms with van der Waals surface area (Å²) in [7, 11) is -9.73. The number of unbranched alkanes of at least 4 members (excludes halogenated alkanes) is 6. The van der Waals surface area contributed by atoms with Crippen LogP contribution in [0.3, 0.4) is 0 Å². The molecule has 4 atom stereocenters. The largest absolute Gasteiger partial charge is 0.472 e. The van der Waals surface area contributed by atoms with Crippen molar-refractivity contribution in [2.45, 2.75) is 141 Å². The van der Waals surface area contributed by atoms with Crippen LogP contribution in [0.15, 0.2) is 97.2 Å². The fourth-order valence-electron chi connectivity index (χ4n) is 4.82. The summed E-state index contributed by atoms with van der Waals surface area (Å²) in [5, 5.41) is 19.5. The minimum absolute atomic E-state index is 0.0212. The molecule has 0 rings (SSSR count). The Kier molecular flexibility index (Phi) is 36.9. The van der Waals surface area contributed by atoms with Crippen LogP contribution >= 0.6 is 15.6 Å². The molecule has 0 fully saturated rings. The second kappa shape index (κ2) is 38.9. The maximum Gasteiger partial charge on any atom is 0.472 e. The van der Waals surface area contributed by atoms with Crippen LogP contribution in [0.2, 0.25) is 0 Å². The maximum atomic E-state index is 12.6. The quantitative estimate of drug-likeness (QED) is 0.0128. The summed E-state index contributed by atoms with van der Waals surface area (Å²) in [5.41, 5.74) is 0. The Morgan fingerprint density at radius 1 is 0.567 bits per heavy atom. The Morgan fingerprint density at radius 3 is 1.68 bits per heavy atom. The standard InChI is InChI=1S/C44H72O14P2/c1-3-5-7-8-9-10-11-12-13-14-18-21-24-27-30-34-43(47)54-38-42(39-57-60(52,53)56-37-41(46)36-55-59(49,50)51)58-44(48)35-31-28-25-22-19-16-15-17-20-23-26-29-33-40(45)32-6-4-2/h6,9-10,12-13,15-16,18,20-23,25-26,29,32,40-42,45-46H,3-5,7-8,11,14,17,19,24,27-28,30-31,33-39H2,1-2H3,(H,52,53)(H2,49,50,51)/b10-9-,13-12-,16-15-,21-18-,23-20-,25-22-,29-26+,32-6-/t40?,41-,42+/m0/s1. The number of aliphatic hydroxyl groups excluding tert-OH is 2. The number of hydrogen-bond acceptors (Lipinski definition) is 11. The van der Waals surface area contributed by atoms with Crippen molar-refractivity contribution in [1.82, 2.24) is 0 Å². The highest BCUT2D eigenvalue weighted by atomic mass is 31.2. The molecule has 342 valence electrons. The lowest BCUT2D eigenvalue weighted by Crippen LogP contribution is -2.29. The molecule has 0 saturated heterocycles. The summed E-state index contributed by atoms with van der Waals surface area (Å²) in [4.78, 5) is 52.6. The number of aliphatic hydroxyl groups is 2. The zero-order chi connectivity index (χ0) is 44.6. The van der Waals surface area contributed by atoms with Crippen molar-refractivity contribution in [3.05, 3.63) is 97.2 Å². The van der Waals surface area contributed by atoms with Gasteiger partial charge in [-0.15, -0.1) is 0 Å². The van der Waals surface area contributed by atoms with Crippen LogP contribution in [0.5, 0.6) is 0 Å². The lowest BCUT2D eigenvalue weighted by atomic mass is 10.1. The summed E-state index contributed by atoms with van der Waals surface area (Å²) in [5.74, 6) is -1.18. The number of allylic oxidation sites excluding steroid dienone is 14. The van der Waals surface area contributed by atoms with E-state index in [1.165, 1.54) is 19.3 Å². The van der Waals surface area contributed by atoms with E-state index in [0.717, 1.165) is 51.4 Å². The van der Waals surface area contributed by atoms with E-state index in [2.05, 4.69) is 52.4 Å². The molecule has 0 aliphatic carbocycles. The Bertz CT molecular complexity index is 1440. The molecule has 0 aromatic rings. The SMILES string of the molecule is CC/C=C\C(O)C/C=C/C=C\C/C=C\C/C=C\CCCC(=O)O[C@H](COC(=O)CCCC/C=C\C/C=C\C/C=C\CCCCC)COP(=O)(O)OC[C@@H](O)COP(=O)(O)O. The molecule has 0 aromatic heterocycles. The van der Waals surface area contributed by atoms with Crippen molar-refractivity contribution in [1.29, 1.82) is 0 Å². The van der Waals surface area contributed by atoms with Gasteiger partial charge in [0.2, 0.25) is 0 Å². The first-order valence-electron chi connectivity index (χ1n) is 21.0. The van der Waals surface area contributed by atoms with Gasteiger partial charge in [-0.25, -0.2) is 9.13 Å². The third kappa shape index (κ3) is 41.7. The third-order valence-electron chi connectivity index (χ3n) is 8.02. The molecule has 0 aliphatic rings. The van der Waals surface area contributed by atoms with E-state index >= 15 is 0 Å². The summed E-state index contributed by atoms with van der Waals surface area (Å²) >= 11 is 0. The van der Waals surface area contributed by atoms with Gasteiger partial charge in [0.05, 0.1) is 25.9 Å². The topological polar surface area (TPSA) is 216 Å². The monoisotopic (exact) mass is 886 g/mol. The Balaban J connectivity index is 4.76. The molecule has 0 aliphatic heterocycles. The van der Waals surface area contributed by atoms with E-state index in [4.69, 9.17) is 23.8 Å². The molecule has 0 saturated carbocycles. The van der Waals surface area contributed by atoms with Crippen molar-refractivity contribution in [3.63, 3.8) is 0 Å². The summed E-state index contributed by atoms with van der Waals surface area (Å²) in [6, 6.07) is 0. The van der Waals surface area contributed by atoms with Gasteiger partial charge in [-0.2, -0.15) is 0 Å². The number of esters is 2. The van der Waals surface area contributed by atoms with Gasteiger partial charge in [0.1, 0.15) is 12.7 Å². The first-order valence-corrected chi connectivity index (χ1v) is 24.1. The highest BCUT2D eigenvalue weighted by Gasteiger charge is 2.28. The van der Waals surface area contributed by atoms with Crippen LogP contribution < -0.4 is 0 Å². The first-order chi connectivity index (χ1) is 28.8. The summed E-state index contributed by atoms with van der Waals surface area (Å²) in [6.45, 7) is 1.34. The van der Waals surface area contributed by atoms with Gasteiger partial charge >= 0.3 is 27.6 Å². The van der Waals surface area contributed by atoms with Crippen molar-refractivity contribution in [2.24, 2.45) is 0 Å². The van der Waals surface area contributed by atoms with Crippen LogP contribution in [-0.4, -0.2) is 81.6 Å². The summed E-state index contributed by atoms with van der Waals surface area (Å²) < 4.78 is 47.6. The number of ether oxygens (including phenoxy) is 2. The van der Waals surface area contributed by atoms with Crippen molar-refractivity contribution >= 4 is 27.6 Å². The third-order valence-corrected chi connectivity index (χ3v) is 9.46. The van der Waals surface area contributed by atoms with E-state index < -0.39 is 72.3 Å². The number of carbonyl (C=O) groups is 2. The van der Waals surface area contributed by atoms with Crippen LogP contribution in [0.1, 0.15) is 123 Å². The molecule has 0 amide bonds. The molecule has 0 radical (unpaired) electrons. The molecule has 0 bridgehead atoms. The fraction of sp³-hybridized carbons (Fsp3) is 0.591. The molecule has 2 unspecified atom stereocenters.